The van der Waals surface area contributed by atoms with Crippen LogP contribution in [-0.2, 0) is 4.74 Å². The fourth-order valence-electron chi connectivity index (χ4n) is 4.37. The van der Waals surface area contributed by atoms with E-state index in [0.717, 1.165) is 38.8 Å². The van der Waals surface area contributed by atoms with E-state index in [0.29, 0.717) is 28.1 Å². The average molecular weight is 546 g/mol. The normalized spacial score (nSPS) is 13.0. The monoisotopic (exact) mass is 545 g/mol. The molecule has 0 amide bonds. The summed E-state index contributed by atoms with van der Waals surface area (Å²) in [6.07, 6.45) is 1.85. The number of aromatic amines is 1. The summed E-state index contributed by atoms with van der Waals surface area (Å²) in [7, 11) is 1.35. The Hall–Kier alpha value is -4.24. The largest absolute Gasteiger partial charge is 0.487 e. The Labute approximate surface area is 227 Å². The molecule has 38 heavy (non-hydrogen) atoms. The molecule has 10 heteroatoms. The number of anilines is 1. The highest BCUT2D eigenvalue weighted by Crippen LogP contribution is 2.34. The quantitative estimate of drug-likeness (QED) is 0.218. The van der Waals surface area contributed by atoms with Crippen molar-refractivity contribution >= 4 is 56.7 Å². The number of benzene rings is 3. The van der Waals surface area contributed by atoms with Gasteiger partial charge in [-0.1, -0.05) is 47.5 Å². The van der Waals surface area contributed by atoms with E-state index in [2.05, 4.69) is 20.9 Å². The van der Waals surface area contributed by atoms with Crippen molar-refractivity contribution in [2.75, 3.05) is 18.7 Å². The van der Waals surface area contributed by atoms with Gasteiger partial charge in [0, 0.05) is 28.1 Å². The predicted octanol–water partition coefficient (Wildman–Crippen LogP) is 6.23. The number of pyridine rings is 1. The van der Waals surface area contributed by atoms with Crippen LogP contribution in [0.2, 0.25) is 10.0 Å². The molecule has 2 aromatic heterocycles. The second-order valence-corrected chi connectivity index (χ2v) is 9.37. The SMILES string of the molecule is COC(=O)c1cc2c([nH]c3ccccc32)c(-c2ccc(OCC3=CN(c4cccc(Cl)c4Cl)NN3)cc2)n1. The van der Waals surface area contributed by atoms with Crippen LogP contribution in [0.25, 0.3) is 33.1 Å². The molecule has 0 aliphatic carbocycles. The van der Waals surface area contributed by atoms with Gasteiger partial charge in [0.05, 0.1) is 39.8 Å². The van der Waals surface area contributed by atoms with E-state index in [1.165, 1.54) is 7.11 Å². The van der Waals surface area contributed by atoms with Crippen molar-refractivity contribution in [1.82, 2.24) is 20.9 Å². The maximum atomic E-state index is 12.4. The van der Waals surface area contributed by atoms with E-state index >= 15 is 0 Å². The van der Waals surface area contributed by atoms with Gasteiger partial charge in [0.2, 0.25) is 0 Å². The first kappa shape index (κ1) is 24.1. The predicted molar refractivity (Wildman–Crippen MR) is 149 cm³/mol. The third kappa shape index (κ3) is 4.39. The van der Waals surface area contributed by atoms with Crippen molar-refractivity contribution in [2.24, 2.45) is 0 Å². The average Bonchev–Trinajstić information content (AvgIpc) is 3.57. The van der Waals surface area contributed by atoms with E-state index in [4.69, 9.17) is 32.7 Å². The summed E-state index contributed by atoms with van der Waals surface area (Å²) in [5.41, 5.74) is 11.2. The van der Waals surface area contributed by atoms with Gasteiger partial charge in [-0.15, -0.1) is 5.53 Å². The Morgan fingerprint density at radius 3 is 2.63 bits per heavy atom. The highest BCUT2D eigenvalue weighted by atomic mass is 35.5. The van der Waals surface area contributed by atoms with Crippen LogP contribution in [0.5, 0.6) is 5.75 Å². The Bertz CT molecular complexity index is 1720. The van der Waals surface area contributed by atoms with Crippen molar-refractivity contribution in [3.05, 3.63) is 100 Å². The molecule has 0 radical (unpaired) electrons. The number of carbonyl (C=O) groups is 1. The number of hydrazine groups is 2. The second kappa shape index (κ2) is 9.90. The topological polar surface area (TPSA) is 91.5 Å². The molecule has 0 bridgehead atoms. The van der Waals surface area contributed by atoms with Crippen molar-refractivity contribution in [2.45, 2.75) is 0 Å². The fraction of sp³-hybridized carbons (Fsp3) is 0.0714. The third-order valence-corrected chi connectivity index (χ3v) is 7.03. The standard InChI is InChI=1S/C28H21Cl2N5O3/c1-37-28(36)23-13-20-19-5-2-3-7-22(19)31-27(20)26(32-23)16-9-11-18(12-10-16)38-15-17-14-35(34-33-17)24-8-4-6-21(29)25(24)30/h2-14,31,33-34H,15H2,1H3. The maximum absolute atomic E-state index is 12.4. The summed E-state index contributed by atoms with van der Waals surface area (Å²) in [6, 6.07) is 22.7. The van der Waals surface area contributed by atoms with E-state index in [1.807, 2.05) is 66.9 Å². The Balaban J connectivity index is 1.25. The number of hydrogen-bond acceptors (Lipinski definition) is 7. The van der Waals surface area contributed by atoms with E-state index in [-0.39, 0.29) is 5.69 Å². The lowest BCUT2D eigenvalue weighted by Gasteiger charge is -2.16. The van der Waals surface area contributed by atoms with Crippen LogP contribution in [0.1, 0.15) is 10.5 Å². The molecule has 5 aromatic rings. The number of H-pyrrole nitrogens is 1. The summed E-state index contributed by atoms with van der Waals surface area (Å²) in [4.78, 5) is 20.4. The van der Waals surface area contributed by atoms with Crippen molar-refractivity contribution < 1.29 is 14.3 Å². The van der Waals surface area contributed by atoms with Crippen LogP contribution < -0.4 is 20.7 Å². The first-order chi connectivity index (χ1) is 18.5. The Morgan fingerprint density at radius 1 is 1.00 bits per heavy atom. The molecule has 3 N–H and O–H groups in total. The van der Waals surface area contributed by atoms with Crippen molar-refractivity contribution in [1.29, 1.82) is 0 Å². The molecule has 0 atom stereocenters. The lowest BCUT2D eigenvalue weighted by atomic mass is 10.1. The zero-order valence-corrected chi connectivity index (χ0v) is 21.6. The molecule has 6 rings (SSSR count). The van der Waals surface area contributed by atoms with Gasteiger partial charge < -0.3 is 19.9 Å². The number of nitrogens with zero attached hydrogens (tertiary/aromatic N) is 2. The first-order valence-electron chi connectivity index (χ1n) is 11.7. The van der Waals surface area contributed by atoms with Crippen LogP contribution in [0, 0.1) is 0 Å². The number of ether oxygens (including phenoxy) is 2. The van der Waals surface area contributed by atoms with Gasteiger partial charge in [-0.3, -0.25) is 5.01 Å². The molecule has 190 valence electrons. The molecule has 0 unspecified atom stereocenters. The molecule has 3 aromatic carbocycles. The van der Waals surface area contributed by atoms with E-state index in [1.54, 1.807) is 17.1 Å². The maximum Gasteiger partial charge on any atom is 0.356 e. The van der Waals surface area contributed by atoms with Crippen LogP contribution >= 0.6 is 23.2 Å². The number of rotatable bonds is 6. The zero-order chi connectivity index (χ0) is 26.2. The van der Waals surface area contributed by atoms with E-state index < -0.39 is 5.97 Å². The summed E-state index contributed by atoms with van der Waals surface area (Å²) in [6.45, 7) is 0.295. The number of nitrogens with one attached hydrogen (secondary N) is 3. The number of aromatic nitrogens is 2. The lowest BCUT2D eigenvalue weighted by Crippen LogP contribution is -2.37. The smallest absolute Gasteiger partial charge is 0.356 e. The summed E-state index contributed by atoms with van der Waals surface area (Å²) in [5.74, 6) is 0.185. The van der Waals surface area contributed by atoms with Gasteiger partial charge in [0.15, 0.2) is 0 Å². The molecule has 0 fully saturated rings. The van der Waals surface area contributed by atoms with Crippen LogP contribution in [-0.4, -0.2) is 29.7 Å². The van der Waals surface area contributed by atoms with Gasteiger partial charge in [0.1, 0.15) is 18.1 Å². The fourth-order valence-corrected chi connectivity index (χ4v) is 4.75. The van der Waals surface area contributed by atoms with Crippen LogP contribution in [0.15, 0.2) is 84.7 Å². The number of halogens is 2. The number of esters is 1. The van der Waals surface area contributed by atoms with Gasteiger partial charge >= 0.3 is 5.97 Å². The molecule has 0 saturated carbocycles. The number of carbonyl (C=O) groups excluding carboxylic acids is 1. The number of fused-ring (bicyclic) bond motifs is 3. The van der Waals surface area contributed by atoms with Gasteiger partial charge in [0.25, 0.3) is 0 Å². The van der Waals surface area contributed by atoms with Gasteiger partial charge in [-0.2, -0.15) is 0 Å². The van der Waals surface area contributed by atoms with Gasteiger partial charge in [-0.05, 0) is 48.5 Å². The Morgan fingerprint density at radius 2 is 1.82 bits per heavy atom. The highest BCUT2D eigenvalue weighted by Gasteiger charge is 2.19. The minimum atomic E-state index is -0.488. The minimum absolute atomic E-state index is 0.246. The van der Waals surface area contributed by atoms with Gasteiger partial charge in [-0.25, -0.2) is 9.78 Å². The first-order valence-corrected chi connectivity index (χ1v) is 12.5. The van der Waals surface area contributed by atoms with Crippen molar-refractivity contribution in [3.63, 3.8) is 0 Å². The summed E-state index contributed by atoms with van der Waals surface area (Å²) >= 11 is 12.4. The second-order valence-electron chi connectivity index (χ2n) is 8.59. The number of para-hydroxylation sites is 1. The molecule has 3 heterocycles. The Kier molecular flexibility index (Phi) is 6.29. The van der Waals surface area contributed by atoms with Crippen LogP contribution in [0.4, 0.5) is 5.69 Å². The molecule has 0 spiro atoms. The molecule has 0 saturated heterocycles. The lowest BCUT2D eigenvalue weighted by molar-refractivity contribution is 0.0594. The molecular formula is C28H21Cl2N5O3. The van der Waals surface area contributed by atoms with Crippen LogP contribution in [0.3, 0.4) is 0 Å². The molecule has 1 aliphatic rings. The summed E-state index contributed by atoms with van der Waals surface area (Å²) in [5, 5.41) is 4.58. The van der Waals surface area contributed by atoms with Crippen molar-refractivity contribution in [3.8, 4) is 17.0 Å². The molecule has 1 aliphatic heterocycles. The van der Waals surface area contributed by atoms with E-state index in [9.17, 15) is 4.79 Å². The third-order valence-electron chi connectivity index (χ3n) is 6.23. The number of hydrogen-bond donors (Lipinski definition) is 3. The summed E-state index contributed by atoms with van der Waals surface area (Å²) < 4.78 is 10.9. The highest BCUT2D eigenvalue weighted by molar-refractivity contribution is 6.43. The molecule has 8 nitrogen and oxygen atoms in total. The molecular weight excluding hydrogens is 525 g/mol. The zero-order valence-electron chi connectivity index (χ0n) is 20.1. The minimum Gasteiger partial charge on any atom is -0.487 e. The number of methoxy groups -OCH3 is 1.